The molecule has 96 valence electrons. The molecule has 1 aliphatic heterocycles. The van der Waals surface area contributed by atoms with Crippen molar-refractivity contribution in [3.63, 3.8) is 0 Å². The summed E-state index contributed by atoms with van der Waals surface area (Å²) in [6, 6.07) is 13.8. The second-order valence-corrected chi connectivity index (χ2v) is 5.57. The van der Waals surface area contributed by atoms with Gasteiger partial charge in [0.1, 0.15) is 6.17 Å². The highest BCUT2D eigenvalue weighted by Crippen LogP contribution is 2.27. The molecule has 0 aliphatic carbocycles. The SMILES string of the molecule is Cc1ccc2c(c1)C(=O)NC(c1ccc(Br)cc1)N2. The van der Waals surface area contributed by atoms with Crippen molar-refractivity contribution in [1.29, 1.82) is 0 Å². The van der Waals surface area contributed by atoms with E-state index in [1.165, 1.54) is 0 Å². The van der Waals surface area contributed by atoms with E-state index in [-0.39, 0.29) is 12.1 Å². The van der Waals surface area contributed by atoms with Crippen LogP contribution in [0, 0.1) is 6.92 Å². The summed E-state index contributed by atoms with van der Waals surface area (Å²) in [5.74, 6) is -0.0367. The maximum atomic E-state index is 12.1. The minimum atomic E-state index is -0.184. The average Bonchev–Trinajstić information content (AvgIpc) is 2.40. The number of benzene rings is 2. The third-order valence-corrected chi connectivity index (χ3v) is 3.73. The Morgan fingerprint density at radius 3 is 2.53 bits per heavy atom. The Morgan fingerprint density at radius 2 is 1.79 bits per heavy atom. The van der Waals surface area contributed by atoms with Crippen LogP contribution in [0.1, 0.15) is 27.7 Å². The number of fused-ring (bicyclic) bond motifs is 1. The van der Waals surface area contributed by atoms with E-state index >= 15 is 0 Å². The molecular weight excluding hydrogens is 304 g/mol. The van der Waals surface area contributed by atoms with Gasteiger partial charge < -0.3 is 10.6 Å². The molecule has 1 atom stereocenters. The molecule has 0 saturated carbocycles. The monoisotopic (exact) mass is 316 g/mol. The molecule has 0 saturated heterocycles. The van der Waals surface area contributed by atoms with E-state index in [4.69, 9.17) is 0 Å². The van der Waals surface area contributed by atoms with Crippen LogP contribution in [-0.4, -0.2) is 5.91 Å². The van der Waals surface area contributed by atoms with E-state index < -0.39 is 0 Å². The molecule has 3 nitrogen and oxygen atoms in total. The van der Waals surface area contributed by atoms with Gasteiger partial charge in [0.15, 0.2) is 0 Å². The van der Waals surface area contributed by atoms with Crippen LogP contribution in [0.15, 0.2) is 46.9 Å². The van der Waals surface area contributed by atoms with Gasteiger partial charge in [-0.1, -0.05) is 39.7 Å². The van der Waals surface area contributed by atoms with Crippen LogP contribution >= 0.6 is 15.9 Å². The summed E-state index contributed by atoms with van der Waals surface area (Å²) in [7, 11) is 0. The molecule has 4 heteroatoms. The number of hydrogen-bond acceptors (Lipinski definition) is 2. The van der Waals surface area contributed by atoms with Crippen LogP contribution in [-0.2, 0) is 0 Å². The molecule has 0 fully saturated rings. The van der Waals surface area contributed by atoms with Gasteiger partial charge in [-0.05, 0) is 36.8 Å². The number of nitrogens with one attached hydrogen (secondary N) is 2. The van der Waals surface area contributed by atoms with Crippen LogP contribution in [0.5, 0.6) is 0 Å². The first kappa shape index (κ1) is 12.2. The zero-order valence-electron chi connectivity index (χ0n) is 10.4. The van der Waals surface area contributed by atoms with Crippen molar-refractivity contribution in [2.45, 2.75) is 13.1 Å². The number of hydrogen-bond donors (Lipinski definition) is 2. The number of anilines is 1. The third-order valence-electron chi connectivity index (χ3n) is 3.20. The van der Waals surface area contributed by atoms with E-state index in [1.807, 2.05) is 49.4 Å². The van der Waals surface area contributed by atoms with Crippen molar-refractivity contribution in [1.82, 2.24) is 5.32 Å². The van der Waals surface area contributed by atoms with E-state index in [0.29, 0.717) is 5.56 Å². The third kappa shape index (κ3) is 2.36. The largest absolute Gasteiger partial charge is 0.361 e. The Labute approximate surface area is 120 Å². The molecule has 0 spiro atoms. The molecule has 1 aliphatic rings. The molecule has 2 N–H and O–H groups in total. The number of rotatable bonds is 1. The zero-order valence-corrected chi connectivity index (χ0v) is 12.0. The first-order valence-electron chi connectivity index (χ1n) is 6.07. The zero-order chi connectivity index (χ0) is 13.4. The highest BCUT2D eigenvalue weighted by molar-refractivity contribution is 9.10. The Hall–Kier alpha value is -1.81. The van der Waals surface area contributed by atoms with Gasteiger partial charge in [-0.2, -0.15) is 0 Å². The van der Waals surface area contributed by atoms with E-state index in [9.17, 15) is 4.79 Å². The highest BCUT2D eigenvalue weighted by Gasteiger charge is 2.24. The van der Waals surface area contributed by atoms with Gasteiger partial charge in [0.05, 0.1) is 5.56 Å². The summed E-state index contributed by atoms with van der Waals surface area (Å²) in [6.07, 6.45) is -0.184. The topological polar surface area (TPSA) is 41.1 Å². The molecule has 2 aromatic rings. The van der Waals surface area contributed by atoms with Crippen molar-refractivity contribution in [2.24, 2.45) is 0 Å². The molecule has 2 aromatic carbocycles. The van der Waals surface area contributed by atoms with Gasteiger partial charge in [0.2, 0.25) is 0 Å². The standard InChI is InChI=1S/C15H13BrN2O/c1-9-2-7-13-12(8-9)15(19)18-14(17-13)10-3-5-11(16)6-4-10/h2-8,14,17H,1H3,(H,18,19). The van der Waals surface area contributed by atoms with E-state index in [2.05, 4.69) is 26.6 Å². The molecule has 0 radical (unpaired) electrons. The van der Waals surface area contributed by atoms with Gasteiger partial charge >= 0.3 is 0 Å². The van der Waals surface area contributed by atoms with Gasteiger partial charge in [-0.25, -0.2) is 0 Å². The Bertz CT molecular complexity index is 637. The maximum Gasteiger partial charge on any atom is 0.255 e. The molecular formula is C15H13BrN2O. The smallest absolute Gasteiger partial charge is 0.255 e. The first-order chi connectivity index (χ1) is 9.13. The lowest BCUT2D eigenvalue weighted by atomic mass is 10.0. The number of carbonyl (C=O) groups is 1. The summed E-state index contributed by atoms with van der Waals surface area (Å²) < 4.78 is 1.02. The fraction of sp³-hybridized carbons (Fsp3) is 0.133. The minimum absolute atomic E-state index is 0.0367. The molecule has 0 aromatic heterocycles. The Morgan fingerprint density at radius 1 is 1.05 bits per heavy atom. The Balaban J connectivity index is 1.95. The number of carbonyl (C=O) groups excluding carboxylic acids is 1. The molecule has 1 unspecified atom stereocenters. The lowest BCUT2D eigenvalue weighted by Crippen LogP contribution is -2.38. The average molecular weight is 317 g/mol. The summed E-state index contributed by atoms with van der Waals surface area (Å²) in [4.78, 5) is 12.1. The first-order valence-corrected chi connectivity index (χ1v) is 6.86. The Kier molecular flexibility index (Phi) is 3.03. The summed E-state index contributed by atoms with van der Waals surface area (Å²) in [6.45, 7) is 1.98. The van der Waals surface area contributed by atoms with Crippen LogP contribution in [0.25, 0.3) is 0 Å². The molecule has 3 rings (SSSR count). The van der Waals surface area contributed by atoms with Gasteiger partial charge in [-0.15, -0.1) is 0 Å². The number of amides is 1. The van der Waals surface area contributed by atoms with Crippen molar-refractivity contribution >= 4 is 27.5 Å². The second kappa shape index (κ2) is 4.70. The number of halogens is 1. The molecule has 0 bridgehead atoms. The van der Waals surface area contributed by atoms with Crippen LogP contribution in [0.4, 0.5) is 5.69 Å². The minimum Gasteiger partial charge on any atom is -0.361 e. The van der Waals surface area contributed by atoms with Crippen molar-refractivity contribution < 1.29 is 4.79 Å². The van der Waals surface area contributed by atoms with Crippen LogP contribution in [0.3, 0.4) is 0 Å². The second-order valence-electron chi connectivity index (χ2n) is 4.65. The lowest BCUT2D eigenvalue weighted by Gasteiger charge is -2.28. The fourth-order valence-corrected chi connectivity index (χ4v) is 2.46. The number of aryl methyl sites for hydroxylation is 1. The molecule has 1 amide bonds. The van der Waals surface area contributed by atoms with Gasteiger partial charge in [0.25, 0.3) is 5.91 Å². The van der Waals surface area contributed by atoms with E-state index in [1.54, 1.807) is 0 Å². The van der Waals surface area contributed by atoms with Gasteiger partial charge in [-0.3, -0.25) is 4.79 Å². The van der Waals surface area contributed by atoms with Crippen LogP contribution < -0.4 is 10.6 Å². The predicted molar refractivity (Wildman–Crippen MR) is 79.2 cm³/mol. The van der Waals surface area contributed by atoms with E-state index in [0.717, 1.165) is 21.3 Å². The summed E-state index contributed by atoms with van der Waals surface area (Å²) >= 11 is 3.41. The fourth-order valence-electron chi connectivity index (χ4n) is 2.19. The van der Waals surface area contributed by atoms with Gasteiger partial charge in [0, 0.05) is 10.2 Å². The van der Waals surface area contributed by atoms with Crippen molar-refractivity contribution in [3.8, 4) is 0 Å². The summed E-state index contributed by atoms with van der Waals surface area (Å²) in [5.41, 5.74) is 3.69. The predicted octanol–water partition coefficient (Wildman–Crippen LogP) is 3.61. The van der Waals surface area contributed by atoms with Crippen molar-refractivity contribution in [2.75, 3.05) is 5.32 Å². The van der Waals surface area contributed by atoms with Crippen molar-refractivity contribution in [3.05, 3.63) is 63.6 Å². The normalized spacial score (nSPS) is 17.4. The highest BCUT2D eigenvalue weighted by atomic mass is 79.9. The quantitative estimate of drug-likeness (QED) is 0.843. The van der Waals surface area contributed by atoms with Crippen LogP contribution in [0.2, 0.25) is 0 Å². The molecule has 1 heterocycles. The lowest BCUT2D eigenvalue weighted by molar-refractivity contribution is 0.0935. The molecule has 19 heavy (non-hydrogen) atoms. The summed E-state index contributed by atoms with van der Waals surface area (Å²) in [5, 5.41) is 6.31. The maximum absolute atomic E-state index is 12.1.